The number of carbonyl (C=O) groups is 1. The first-order valence-electron chi connectivity index (χ1n) is 11.2. The molecule has 1 amide bonds. The van der Waals surface area contributed by atoms with Crippen LogP contribution in [0.4, 0.5) is 5.69 Å². The lowest BCUT2D eigenvalue weighted by molar-refractivity contribution is -0.115. The molecule has 0 aliphatic carbocycles. The molecular weight excluding hydrogens is 398 g/mol. The molecular formula is C26H27N5O. The predicted molar refractivity (Wildman–Crippen MR) is 126 cm³/mol. The van der Waals surface area contributed by atoms with E-state index in [1.54, 1.807) is 0 Å². The molecule has 4 aromatic rings. The summed E-state index contributed by atoms with van der Waals surface area (Å²) in [7, 11) is 0. The fraction of sp³-hybridized carbons (Fsp3) is 0.269. The van der Waals surface area contributed by atoms with Crippen molar-refractivity contribution in [2.45, 2.75) is 46.1 Å². The second-order valence-electron chi connectivity index (χ2n) is 8.38. The maximum atomic E-state index is 12.8. The maximum absolute atomic E-state index is 12.8. The quantitative estimate of drug-likeness (QED) is 0.496. The Bertz CT molecular complexity index is 1250. The van der Waals surface area contributed by atoms with Crippen LogP contribution in [0.25, 0.3) is 17.1 Å². The van der Waals surface area contributed by atoms with Gasteiger partial charge in [0.05, 0.1) is 17.8 Å². The van der Waals surface area contributed by atoms with E-state index in [4.69, 9.17) is 0 Å². The third-order valence-electron chi connectivity index (χ3n) is 6.21. The van der Waals surface area contributed by atoms with Crippen molar-refractivity contribution in [2.75, 3.05) is 5.32 Å². The summed E-state index contributed by atoms with van der Waals surface area (Å²) in [5, 5.41) is 7.67. The number of hydrogen-bond donors (Lipinski definition) is 1. The van der Waals surface area contributed by atoms with E-state index in [-0.39, 0.29) is 5.91 Å². The second-order valence-corrected chi connectivity index (χ2v) is 8.38. The van der Waals surface area contributed by atoms with Gasteiger partial charge < -0.3 is 9.88 Å². The summed E-state index contributed by atoms with van der Waals surface area (Å²) in [6.07, 6.45) is 5.81. The summed E-state index contributed by atoms with van der Waals surface area (Å²) < 4.78 is 4.21. The Hall–Kier alpha value is -3.67. The van der Waals surface area contributed by atoms with Gasteiger partial charge in [0.15, 0.2) is 0 Å². The SMILES string of the molecule is Cc1nn(-c2ccccc2)c(C)c1CC(=O)Nc1ccc(-c2ncc3n2CCCC3)cc1. The number of para-hydroxylation sites is 1. The highest BCUT2D eigenvalue weighted by atomic mass is 16.1. The molecule has 0 saturated carbocycles. The van der Waals surface area contributed by atoms with Crippen molar-refractivity contribution in [3.63, 3.8) is 0 Å². The van der Waals surface area contributed by atoms with Crippen LogP contribution < -0.4 is 5.32 Å². The van der Waals surface area contributed by atoms with E-state index in [9.17, 15) is 4.79 Å². The van der Waals surface area contributed by atoms with Crippen molar-refractivity contribution in [1.82, 2.24) is 19.3 Å². The van der Waals surface area contributed by atoms with Gasteiger partial charge in [-0.25, -0.2) is 9.67 Å². The molecule has 6 heteroatoms. The van der Waals surface area contributed by atoms with Gasteiger partial charge >= 0.3 is 0 Å². The topological polar surface area (TPSA) is 64.7 Å². The molecule has 1 aliphatic heterocycles. The first kappa shape index (κ1) is 20.2. The van der Waals surface area contributed by atoms with Gasteiger partial charge in [-0.05, 0) is 69.5 Å². The highest BCUT2D eigenvalue weighted by Gasteiger charge is 2.17. The van der Waals surface area contributed by atoms with Crippen LogP contribution in [-0.2, 0) is 24.2 Å². The number of rotatable bonds is 5. The number of fused-ring (bicyclic) bond motifs is 1. The molecule has 0 atom stereocenters. The van der Waals surface area contributed by atoms with Gasteiger partial charge in [0.25, 0.3) is 0 Å². The van der Waals surface area contributed by atoms with Crippen LogP contribution in [0.1, 0.15) is 35.5 Å². The standard InChI is InChI=1S/C26H27N5O/c1-18-24(19(2)31(29-18)22-8-4-3-5-9-22)16-25(32)28-21-13-11-20(12-14-21)26-27-17-23-10-6-7-15-30(23)26/h3-5,8-9,11-14,17H,6-7,10,15-16H2,1-2H3,(H,28,32). The average molecular weight is 426 g/mol. The summed E-state index contributed by atoms with van der Waals surface area (Å²) in [4.78, 5) is 17.4. The molecule has 6 nitrogen and oxygen atoms in total. The largest absolute Gasteiger partial charge is 0.328 e. The van der Waals surface area contributed by atoms with Crippen LogP contribution in [0.5, 0.6) is 0 Å². The smallest absolute Gasteiger partial charge is 0.228 e. The molecule has 2 aromatic heterocycles. The summed E-state index contributed by atoms with van der Waals surface area (Å²) in [5.74, 6) is 0.965. The Kier molecular flexibility index (Phi) is 5.35. The lowest BCUT2D eigenvalue weighted by atomic mass is 10.1. The Labute approximate surface area is 187 Å². The van der Waals surface area contributed by atoms with Crippen LogP contribution >= 0.6 is 0 Å². The zero-order valence-corrected chi connectivity index (χ0v) is 18.5. The predicted octanol–water partition coefficient (Wildman–Crippen LogP) is 4.87. The molecule has 32 heavy (non-hydrogen) atoms. The van der Waals surface area contributed by atoms with Gasteiger partial charge in [0, 0.05) is 40.9 Å². The summed E-state index contributed by atoms with van der Waals surface area (Å²) >= 11 is 0. The minimum absolute atomic E-state index is 0.0465. The number of imidazole rings is 1. The molecule has 2 aromatic carbocycles. The molecule has 0 fully saturated rings. The first-order valence-corrected chi connectivity index (χ1v) is 11.2. The Balaban J connectivity index is 1.29. The highest BCUT2D eigenvalue weighted by Crippen LogP contribution is 2.26. The van der Waals surface area contributed by atoms with Crippen molar-refractivity contribution in [3.8, 4) is 17.1 Å². The lowest BCUT2D eigenvalue weighted by Crippen LogP contribution is -2.15. The molecule has 1 N–H and O–H groups in total. The fourth-order valence-electron chi connectivity index (χ4n) is 4.49. The van der Waals surface area contributed by atoms with Gasteiger partial charge in [-0.1, -0.05) is 18.2 Å². The third kappa shape index (κ3) is 3.84. The van der Waals surface area contributed by atoms with Gasteiger partial charge in [0.1, 0.15) is 5.82 Å². The number of benzene rings is 2. The molecule has 0 unspecified atom stereocenters. The molecule has 0 saturated heterocycles. The van der Waals surface area contributed by atoms with Crippen molar-refractivity contribution in [2.24, 2.45) is 0 Å². The van der Waals surface area contributed by atoms with Crippen LogP contribution in [0.2, 0.25) is 0 Å². The van der Waals surface area contributed by atoms with Gasteiger partial charge in [0.2, 0.25) is 5.91 Å². The van der Waals surface area contributed by atoms with Crippen molar-refractivity contribution >= 4 is 11.6 Å². The molecule has 1 aliphatic rings. The van der Waals surface area contributed by atoms with E-state index >= 15 is 0 Å². The Morgan fingerprint density at radius 3 is 2.59 bits per heavy atom. The average Bonchev–Trinajstić information content (AvgIpc) is 3.37. The zero-order valence-electron chi connectivity index (χ0n) is 18.5. The van der Waals surface area contributed by atoms with Gasteiger partial charge in [-0.2, -0.15) is 5.10 Å². The number of carbonyl (C=O) groups excluding carboxylic acids is 1. The van der Waals surface area contributed by atoms with Crippen molar-refractivity contribution < 1.29 is 4.79 Å². The van der Waals surface area contributed by atoms with E-state index in [1.807, 2.05) is 79.3 Å². The Morgan fingerprint density at radius 2 is 1.81 bits per heavy atom. The molecule has 0 radical (unpaired) electrons. The number of nitrogens with zero attached hydrogens (tertiary/aromatic N) is 4. The van der Waals surface area contributed by atoms with Crippen LogP contribution in [0, 0.1) is 13.8 Å². The van der Waals surface area contributed by atoms with E-state index in [0.29, 0.717) is 6.42 Å². The lowest BCUT2D eigenvalue weighted by Gasteiger charge is -2.16. The molecule has 5 rings (SSSR count). The minimum Gasteiger partial charge on any atom is -0.328 e. The van der Waals surface area contributed by atoms with Gasteiger partial charge in [-0.3, -0.25) is 4.79 Å². The maximum Gasteiger partial charge on any atom is 0.228 e. The third-order valence-corrected chi connectivity index (χ3v) is 6.21. The fourth-order valence-corrected chi connectivity index (χ4v) is 4.49. The summed E-state index contributed by atoms with van der Waals surface area (Å²) in [5.41, 5.74) is 7.00. The first-order chi connectivity index (χ1) is 15.6. The number of amides is 1. The molecule has 0 spiro atoms. The number of aryl methyl sites for hydroxylation is 2. The highest BCUT2D eigenvalue weighted by molar-refractivity contribution is 5.92. The molecule has 162 valence electrons. The number of anilines is 1. The monoisotopic (exact) mass is 425 g/mol. The van der Waals surface area contributed by atoms with Crippen LogP contribution in [0.3, 0.4) is 0 Å². The second kappa shape index (κ2) is 8.46. The molecule has 0 bridgehead atoms. The van der Waals surface area contributed by atoms with Crippen LogP contribution in [0.15, 0.2) is 60.8 Å². The normalized spacial score (nSPS) is 13.1. The van der Waals surface area contributed by atoms with E-state index < -0.39 is 0 Å². The van der Waals surface area contributed by atoms with E-state index in [2.05, 4.69) is 20.0 Å². The van der Waals surface area contributed by atoms with Crippen LogP contribution in [-0.4, -0.2) is 25.2 Å². The number of hydrogen-bond acceptors (Lipinski definition) is 3. The minimum atomic E-state index is -0.0465. The number of nitrogens with one attached hydrogen (secondary N) is 1. The summed E-state index contributed by atoms with van der Waals surface area (Å²) in [6.45, 7) is 4.99. The van der Waals surface area contributed by atoms with E-state index in [0.717, 1.165) is 52.7 Å². The Morgan fingerprint density at radius 1 is 1.03 bits per heavy atom. The molecule has 3 heterocycles. The number of aromatic nitrogens is 4. The van der Waals surface area contributed by atoms with E-state index in [1.165, 1.54) is 18.5 Å². The van der Waals surface area contributed by atoms with Gasteiger partial charge in [-0.15, -0.1) is 0 Å². The van der Waals surface area contributed by atoms with Crippen molar-refractivity contribution in [3.05, 3.63) is 83.4 Å². The summed E-state index contributed by atoms with van der Waals surface area (Å²) in [6, 6.07) is 17.9. The van der Waals surface area contributed by atoms with Crippen molar-refractivity contribution in [1.29, 1.82) is 0 Å². The zero-order chi connectivity index (χ0) is 22.1.